The Hall–Kier alpha value is -1.86. The van der Waals surface area contributed by atoms with Crippen molar-refractivity contribution in [3.63, 3.8) is 0 Å². The summed E-state index contributed by atoms with van der Waals surface area (Å²) in [4.78, 5) is 4.74. The Bertz CT molecular complexity index is 783. The molecule has 0 atom stereocenters. The lowest BCUT2D eigenvalue weighted by Crippen LogP contribution is -2.15. The Morgan fingerprint density at radius 2 is 1.57 bits per heavy atom. The van der Waals surface area contributed by atoms with Gasteiger partial charge in [-0.25, -0.2) is 0 Å². The van der Waals surface area contributed by atoms with Crippen molar-refractivity contribution >= 4 is 22.4 Å². The molecule has 2 heteroatoms. The Balaban J connectivity index is 2.38. The first-order valence-corrected chi connectivity index (χ1v) is 7.49. The lowest BCUT2D eigenvalue weighted by molar-refractivity contribution is 0.572. The lowest BCUT2D eigenvalue weighted by atomic mass is 9.84. The first-order chi connectivity index (χ1) is 9.97. The molecule has 0 spiro atoms. The molecule has 1 heterocycles. The Labute approximate surface area is 130 Å². The summed E-state index contributed by atoms with van der Waals surface area (Å²) in [5, 5.41) is 3.15. The molecular formula is C19H18ClN. The molecule has 0 aliphatic carbocycles. The van der Waals surface area contributed by atoms with Gasteiger partial charge in [0, 0.05) is 27.6 Å². The summed E-state index contributed by atoms with van der Waals surface area (Å²) in [6.45, 7) is 6.59. The van der Waals surface area contributed by atoms with Gasteiger partial charge in [0.15, 0.2) is 0 Å². The summed E-state index contributed by atoms with van der Waals surface area (Å²) < 4.78 is 0. The van der Waals surface area contributed by atoms with Crippen LogP contribution in [0.25, 0.3) is 21.9 Å². The van der Waals surface area contributed by atoms with Crippen molar-refractivity contribution in [3.05, 3.63) is 65.4 Å². The van der Waals surface area contributed by atoms with Crippen molar-refractivity contribution < 1.29 is 0 Å². The van der Waals surface area contributed by atoms with Gasteiger partial charge in [0.1, 0.15) is 0 Å². The van der Waals surface area contributed by atoms with Gasteiger partial charge in [0.2, 0.25) is 0 Å². The predicted octanol–water partition coefficient (Wildman–Crippen LogP) is 5.85. The van der Waals surface area contributed by atoms with Crippen LogP contribution in [0.3, 0.4) is 0 Å². The fourth-order valence-corrected chi connectivity index (χ4v) is 2.77. The quantitative estimate of drug-likeness (QED) is 0.548. The zero-order valence-corrected chi connectivity index (χ0v) is 13.3. The second kappa shape index (κ2) is 5.16. The average Bonchev–Trinajstić information content (AvgIpc) is 2.46. The zero-order valence-electron chi connectivity index (χ0n) is 12.5. The number of hydrogen-bond donors (Lipinski definition) is 0. The van der Waals surface area contributed by atoms with Gasteiger partial charge in [-0.3, -0.25) is 4.98 Å². The highest BCUT2D eigenvalue weighted by Gasteiger charge is 2.22. The lowest BCUT2D eigenvalue weighted by Gasteiger charge is -2.23. The molecule has 106 valence electrons. The topological polar surface area (TPSA) is 12.9 Å². The van der Waals surface area contributed by atoms with Crippen LogP contribution < -0.4 is 0 Å². The van der Waals surface area contributed by atoms with Crippen LogP contribution in [0.2, 0.25) is 5.02 Å². The number of benzene rings is 2. The van der Waals surface area contributed by atoms with Crippen LogP contribution in [-0.4, -0.2) is 4.98 Å². The van der Waals surface area contributed by atoms with E-state index in [1.807, 2.05) is 24.4 Å². The van der Waals surface area contributed by atoms with Crippen molar-refractivity contribution in [2.24, 2.45) is 0 Å². The molecule has 0 N–H and O–H groups in total. The summed E-state index contributed by atoms with van der Waals surface area (Å²) in [7, 11) is 0. The van der Waals surface area contributed by atoms with Gasteiger partial charge in [0.25, 0.3) is 0 Å². The fourth-order valence-electron chi connectivity index (χ4n) is 2.64. The average molecular weight is 296 g/mol. The normalized spacial score (nSPS) is 11.8. The third-order valence-corrected chi connectivity index (χ3v) is 3.89. The van der Waals surface area contributed by atoms with E-state index in [4.69, 9.17) is 16.6 Å². The second-order valence-electron chi connectivity index (χ2n) is 6.33. The molecule has 0 aliphatic heterocycles. The van der Waals surface area contributed by atoms with Crippen molar-refractivity contribution in [2.45, 2.75) is 26.2 Å². The van der Waals surface area contributed by atoms with E-state index >= 15 is 0 Å². The monoisotopic (exact) mass is 295 g/mol. The third-order valence-electron chi connectivity index (χ3n) is 3.64. The molecular weight excluding hydrogens is 278 g/mol. The van der Waals surface area contributed by atoms with E-state index < -0.39 is 0 Å². The molecule has 1 aromatic heterocycles. The zero-order chi connectivity index (χ0) is 15.0. The first-order valence-electron chi connectivity index (χ1n) is 7.11. The largest absolute Gasteiger partial charge is 0.259 e. The summed E-state index contributed by atoms with van der Waals surface area (Å²) >= 11 is 6.03. The number of nitrogens with zero attached hydrogens (tertiary/aromatic N) is 1. The van der Waals surface area contributed by atoms with E-state index in [1.165, 1.54) is 10.9 Å². The Kier molecular flexibility index (Phi) is 3.46. The summed E-state index contributed by atoms with van der Waals surface area (Å²) in [6.07, 6.45) is 1.97. The number of pyridine rings is 1. The van der Waals surface area contributed by atoms with Gasteiger partial charge in [-0.15, -0.1) is 0 Å². The van der Waals surface area contributed by atoms with E-state index in [0.717, 1.165) is 21.7 Å². The maximum absolute atomic E-state index is 6.03. The third kappa shape index (κ3) is 2.66. The fraction of sp³-hybridized carbons (Fsp3) is 0.211. The molecule has 0 radical (unpaired) electrons. The molecule has 2 aromatic carbocycles. The predicted molar refractivity (Wildman–Crippen MR) is 90.9 cm³/mol. The van der Waals surface area contributed by atoms with E-state index in [0.29, 0.717) is 0 Å². The second-order valence-corrected chi connectivity index (χ2v) is 6.76. The van der Waals surface area contributed by atoms with Gasteiger partial charge >= 0.3 is 0 Å². The van der Waals surface area contributed by atoms with Crippen LogP contribution in [0.15, 0.2) is 54.7 Å². The van der Waals surface area contributed by atoms with Crippen LogP contribution in [0.1, 0.15) is 26.5 Å². The van der Waals surface area contributed by atoms with E-state index in [2.05, 4.69) is 51.1 Å². The van der Waals surface area contributed by atoms with Crippen molar-refractivity contribution in [1.82, 2.24) is 4.98 Å². The molecule has 0 saturated heterocycles. The summed E-state index contributed by atoms with van der Waals surface area (Å²) in [5.41, 5.74) is 3.47. The highest BCUT2D eigenvalue weighted by molar-refractivity contribution is 6.30. The minimum absolute atomic E-state index is 0.0149. The van der Waals surface area contributed by atoms with Crippen molar-refractivity contribution in [2.75, 3.05) is 0 Å². The van der Waals surface area contributed by atoms with Crippen LogP contribution >= 0.6 is 11.6 Å². The summed E-state index contributed by atoms with van der Waals surface area (Å²) in [6, 6.07) is 16.4. The Morgan fingerprint density at radius 3 is 2.24 bits per heavy atom. The van der Waals surface area contributed by atoms with E-state index in [9.17, 15) is 0 Å². The SMILES string of the molecule is CC(C)(C)c1ncc2ccccc2c1-c1ccc(Cl)cc1. The molecule has 0 saturated carbocycles. The van der Waals surface area contributed by atoms with E-state index in [-0.39, 0.29) is 5.41 Å². The van der Waals surface area contributed by atoms with E-state index in [1.54, 1.807) is 0 Å². The number of halogens is 1. The molecule has 21 heavy (non-hydrogen) atoms. The smallest absolute Gasteiger partial charge is 0.0541 e. The number of rotatable bonds is 1. The number of fused-ring (bicyclic) bond motifs is 1. The maximum Gasteiger partial charge on any atom is 0.0541 e. The minimum Gasteiger partial charge on any atom is -0.259 e. The van der Waals surface area contributed by atoms with Crippen LogP contribution in [0, 0.1) is 0 Å². The molecule has 0 aliphatic rings. The van der Waals surface area contributed by atoms with Gasteiger partial charge < -0.3 is 0 Å². The molecule has 0 amide bonds. The van der Waals surface area contributed by atoms with Gasteiger partial charge in [-0.1, -0.05) is 68.8 Å². The Morgan fingerprint density at radius 1 is 0.905 bits per heavy atom. The maximum atomic E-state index is 6.03. The van der Waals surface area contributed by atoms with Gasteiger partial charge in [-0.2, -0.15) is 0 Å². The standard InChI is InChI=1S/C19H18ClN/c1-19(2,3)18-17(13-8-10-15(20)11-9-13)16-7-5-4-6-14(16)12-21-18/h4-12H,1-3H3. The molecule has 0 fully saturated rings. The highest BCUT2D eigenvalue weighted by Crippen LogP contribution is 2.37. The van der Waals surface area contributed by atoms with Crippen molar-refractivity contribution in [1.29, 1.82) is 0 Å². The number of aromatic nitrogens is 1. The molecule has 3 rings (SSSR count). The van der Waals surface area contributed by atoms with Crippen molar-refractivity contribution in [3.8, 4) is 11.1 Å². The van der Waals surface area contributed by atoms with Crippen LogP contribution in [0.4, 0.5) is 0 Å². The first kappa shape index (κ1) is 14.1. The molecule has 0 unspecified atom stereocenters. The van der Waals surface area contributed by atoms with Gasteiger partial charge in [0.05, 0.1) is 5.69 Å². The molecule has 3 aromatic rings. The number of hydrogen-bond acceptors (Lipinski definition) is 1. The van der Waals surface area contributed by atoms with Gasteiger partial charge in [-0.05, 0) is 23.1 Å². The highest BCUT2D eigenvalue weighted by atomic mass is 35.5. The molecule has 1 nitrogen and oxygen atoms in total. The summed E-state index contributed by atoms with van der Waals surface area (Å²) in [5.74, 6) is 0. The van der Waals surface area contributed by atoms with Crippen LogP contribution in [-0.2, 0) is 5.41 Å². The molecule has 0 bridgehead atoms. The minimum atomic E-state index is -0.0149. The van der Waals surface area contributed by atoms with Crippen LogP contribution in [0.5, 0.6) is 0 Å².